The second-order valence-corrected chi connectivity index (χ2v) is 7.87. The lowest BCUT2D eigenvalue weighted by Gasteiger charge is -2.26. The van der Waals surface area contributed by atoms with Crippen LogP contribution in [0.15, 0.2) is 23.1 Å². The number of morpholine rings is 1. The molecule has 8 nitrogen and oxygen atoms in total. The third kappa shape index (κ3) is 3.95. The van der Waals surface area contributed by atoms with Crippen molar-refractivity contribution in [2.75, 3.05) is 51.9 Å². The number of hydrogen-bond acceptors (Lipinski definition) is 6. The van der Waals surface area contributed by atoms with Gasteiger partial charge in [0.05, 0.1) is 43.4 Å². The Hall–Kier alpha value is -1.68. The summed E-state index contributed by atoms with van der Waals surface area (Å²) in [6.07, 6.45) is 0.653. The number of amides is 1. The number of nitrogens with zero attached hydrogens (tertiary/aromatic N) is 1. The maximum atomic E-state index is 12.8. The summed E-state index contributed by atoms with van der Waals surface area (Å²) >= 11 is 0. The Kier molecular flexibility index (Phi) is 5.57. The molecule has 25 heavy (non-hydrogen) atoms. The highest BCUT2D eigenvalue weighted by Gasteiger charge is 2.28. The van der Waals surface area contributed by atoms with Crippen molar-refractivity contribution in [1.82, 2.24) is 4.31 Å². The summed E-state index contributed by atoms with van der Waals surface area (Å²) in [6.45, 7) is 2.31. The quantitative estimate of drug-likeness (QED) is 0.820. The molecule has 3 rings (SSSR count). The minimum atomic E-state index is -3.64. The van der Waals surface area contributed by atoms with Gasteiger partial charge < -0.3 is 19.5 Å². The van der Waals surface area contributed by atoms with Crippen LogP contribution in [0.1, 0.15) is 6.42 Å². The minimum absolute atomic E-state index is 0.119. The van der Waals surface area contributed by atoms with Crippen LogP contribution in [0.3, 0.4) is 0 Å². The number of sulfonamides is 1. The van der Waals surface area contributed by atoms with E-state index >= 15 is 0 Å². The first-order chi connectivity index (χ1) is 12.0. The van der Waals surface area contributed by atoms with E-state index in [1.165, 1.54) is 23.5 Å². The Morgan fingerprint density at radius 3 is 2.64 bits per heavy atom. The highest BCUT2D eigenvalue weighted by atomic mass is 32.2. The maximum absolute atomic E-state index is 12.8. The molecule has 2 heterocycles. The number of ether oxygens (including phenoxy) is 3. The number of carbonyl (C=O) groups excluding carboxylic acids is 1. The molecule has 1 aromatic rings. The molecule has 2 aliphatic rings. The summed E-state index contributed by atoms with van der Waals surface area (Å²) in [7, 11) is -2.17. The van der Waals surface area contributed by atoms with Gasteiger partial charge in [0.15, 0.2) is 0 Å². The SMILES string of the molecule is COc1ccc(S(=O)(=O)N2CCOCC2)cc1NC(=O)[C@@H]1CCOC1. The van der Waals surface area contributed by atoms with Crippen LogP contribution in [-0.2, 0) is 24.3 Å². The van der Waals surface area contributed by atoms with Crippen molar-refractivity contribution in [3.63, 3.8) is 0 Å². The first kappa shape index (κ1) is 18.1. The molecular weight excluding hydrogens is 348 g/mol. The molecule has 2 aliphatic heterocycles. The molecule has 0 bridgehead atoms. The topological polar surface area (TPSA) is 94.2 Å². The fraction of sp³-hybridized carbons (Fsp3) is 0.562. The van der Waals surface area contributed by atoms with Gasteiger partial charge in [-0.2, -0.15) is 4.31 Å². The van der Waals surface area contributed by atoms with Gasteiger partial charge in [-0.25, -0.2) is 8.42 Å². The zero-order valence-electron chi connectivity index (χ0n) is 14.1. The predicted molar refractivity (Wildman–Crippen MR) is 90.1 cm³/mol. The monoisotopic (exact) mass is 370 g/mol. The smallest absolute Gasteiger partial charge is 0.243 e. The highest BCUT2D eigenvalue weighted by Crippen LogP contribution is 2.30. The van der Waals surface area contributed by atoms with E-state index in [2.05, 4.69) is 5.32 Å². The summed E-state index contributed by atoms with van der Waals surface area (Å²) in [5.74, 6) is -0.0193. The van der Waals surface area contributed by atoms with E-state index in [4.69, 9.17) is 14.2 Å². The minimum Gasteiger partial charge on any atom is -0.495 e. The third-order valence-corrected chi connectivity index (χ3v) is 6.23. The summed E-state index contributed by atoms with van der Waals surface area (Å²) in [5.41, 5.74) is 0.341. The van der Waals surface area contributed by atoms with Crippen molar-refractivity contribution < 1.29 is 27.4 Å². The summed E-state index contributed by atoms with van der Waals surface area (Å²) in [4.78, 5) is 12.4. The molecular formula is C16H22N2O6S. The third-order valence-electron chi connectivity index (χ3n) is 4.34. The number of rotatable bonds is 5. The molecule has 0 aromatic heterocycles. The standard InChI is InChI=1S/C16H22N2O6S/c1-22-15-3-2-13(25(20,21)18-5-8-23-9-6-18)10-14(15)17-16(19)12-4-7-24-11-12/h2-3,10,12H,4-9,11H2,1H3,(H,17,19)/t12-/m1/s1. The van der Waals surface area contributed by atoms with E-state index < -0.39 is 10.0 Å². The molecule has 9 heteroatoms. The van der Waals surface area contributed by atoms with E-state index in [1.807, 2.05) is 0 Å². The largest absolute Gasteiger partial charge is 0.495 e. The van der Waals surface area contributed by atoms with Crippen LogP contribution in [0.2, 0.25) is 0 Å². The Morgan fingerprint density at radius 2 is 2.00 bits per heavy atom. The van der Waals surface area contributed by atoms with E-state index in [-0.39, 0.29) is 16.7 Å². The normalized spacial score (nSPS) is 21.9. The van der Waals surface area contributed by atoms with E-state index in [1.54, 1.807) is 6.07 Å². The molecule has 0 aliphatic carbocycles. The lowest BCUT2D eigenvalue weighted by molar-refractivity contribution is -0.119. The van der Waals surface area contributed by atoms with Crippen LogP contribution in [0, 0.1) is 5.92 Å². The van der Waals surface area contributed by atoms with Gasteiger partial charge in [0.1, 0.15) is 5.75 Å². The molecule has 2 fully saturated rings. The van der Waals surface area contributed by atoms with Gasteiger partial charge in [0.2, 0.25) is 15.9 Å². The molecule has 0 saturated carbocycles. The second-order valence-electron chi connectivity index (χ2n) is 5.93. The summed E-state index contributed by atoms with van der Waals surface area (Å²) in [6, 6.07) is 4.48. The van der Waals surface area contributed by atoms with Gasteiger partial charge in [0, 0.05) is 19.7 Å². The Morgan fingerprint density at radius 1 is 1.24 bits per heavy atom. The maximum Gasteiger partial charge on any atom is 0.243 e. The average molecular weight is 370 g/mol. The van der Waals surface area contributed by atoms with Crippen molar-refractivity contribution in [2.24, 2.45) is 5.92 Å². The molecule has 2 saturated heterocycles. The van der Waals surface area contributed by atoms with Crippen LogP contribution in [0.5, 0.6) is 5.75 Å². The van der Waals surface area contributed by atoms with Crippen LogP contribution >= 0.6 is 0 Å². The second kappa shape index (κ2) is 7.69. The Labute approximate surface area is 147 Å². The fourth-order valence-corrected chi connectivity index (χ4v) is 4.29. The number of benzene rings is 1. The van der Waals surface area contributed by atoms with E-state index in [0.29, 0.717) is 57.4 Å². The van der Waals surface area contributed by atoms with Crippen LogP contribution < -0.4 is 10.1 Å². The lowest BCUT2D eigenvalue weighted by atomic mass is 10.1. The van der Waals surface area contributed by atoms with Crippen LogP contribution in [0.4, 0.5) is 5.69 Å². The van der Waals surface area contributed by atoms with E-state index in [9.17, 15) is 13.2 Å². The van der Waals surface area contributed by atoms with Gasteiger partial charge in [-0.15, -0.1) is 0 Å². The van der Waals surface area contributed by atoms with Gasteiger partial charge in [-0.3, -0.25) is 4.79 Å². The van der Waals surface area contributed by atoms with Crippen LogP contribution in [-0.4, -0.2) is 65.3 Å². The summed E-state index contributed by atoms with van der Waals surface area (Å²) < 4.78 is 42.6. The zero-order valence-corrected chi connectivity index (χ0v) is 14.9. The highest BCUT2D eigenvalue weighted by molar-refractivity contribution is 7.89. The van der Waals surface area contributed by atoms with E-state index in [0.717, 1.165) is 0 Å². The molecule has 0 radical (unpaired) electrons. The predicted octanol–water partition coefficient (Wildman–Crippen LogP) is 0.691. The number of hydrogen-bond donors (Lipinski definition) is 1. The Balaban J connectivity index is 1.85. The van der Waals surface area contributed by atoms with Crippen molar-refractivity contribution in [2.45, 2.75) is 11.3 Å². The number of carbonyl (C=O) groups is 1. The molecule has 1 N–H and O–H groups in total. The molecule has 1 aromatic carbocycles. The first-order valence-electron chi connectivity index (χ1n) is 8.17. The van der Waals surface area contributed by atoms with Gasteiger partial charge in [-0.05, 0) is 24.6 Å². The zero-order chi connectivity index (χ0) is 17.9. The lowest BCUT2D eigenvalue weighted by Crippen LogP contribution is -2.40. The van der Waals surface area contributed by atoms with Crippen molar-refractivity contribution in [3.05, 3.63) is 18.2 Å². The molecule has 138 valence electrons. The van der Waals surface area contributed by atoms with Crippen molar-refractivity contribution in [3.8, 4) is 5.75 Å². The molecule has 1 amide bonds. The molecule has 1 atom stereocenters. The van der Waals surface area contributed by atoms with Gasteiger partial charge in [-0.1, -0.05) is 0 Å². The molecule has 0 unspecified atom stereocenters. The first-order valence-corrected chi connectivity index (χ1v) is 9.61. The van der Waals surface area contributed by atoms with Crippen molar-refractivity contribution in [1.29, 1.82) is 0 Å². The number of nitrogens with one attached hydrogen (secondary N) is 1. The average Bonchev–Trinajstić information content (AvgIpc) is 3.17. The van der Waals surface area contributed by atoms with Crippen LogP contribution in [0.25, 0.3) is 0 Å². The van der Waals surface area contributed by atoms with Gasteiger partial charge >= 0.3 is 0 Å². The Bertz CT molecular complexity index is 724. The van der Waals surface area contributed by atoms with Gasteiger partial charge in [0.25, 0.3) is 0 Å². The molecule has 0 spiro atoms. The number of methoxy groups -OCH3 is 1. The summed E-state index contributed by atoms with van der Waals surface area (Å²) in [5, 5.41) is 2.77. The van der Waals surface area contributed by atoms with Crippen molar-refractivity contribution >= 4 is 21.6 Å². The fourth-order valence-electron chi connectivity index (χ4n) is 2.86. The number of anilines is 1.